The van der Waals surface area contributed by atoms with Crippen molar-refractivity contribution in [3.8, 4) is 0 Å². The largest absolute Gasteiger partial charge is 0.308 e. The molecule has 0 bridgehead atoms. The highest BCUT2D eigenvalue weighted by molar-refractivity contribution is 7.11. The first-order chi connectivity index (χ1) is 8.25. The molecule has 1 aromatic heterocycles. The Kier molecular flexibility index (Phi) is 3.17. The van der Waals surface area contributed by atoms with Crippen LogP contribution in [0, 0.1) is 11.8 Å². The number of hydrogen-bond acceptors (Lipinski definition) is 4. The van der Waals surface area contributed by atoms with Gasteiger partial charge in [-0.15, -0.1) is 10.2 Å². The number of hydrogen-bond donors (Lipinski definition) is 1. The summed E-state index contributed by atoms with van der Waals surface area (Å²) < 4.78 is 0. The van der Waals surface area contributed by atoms with E-state index in [9.17, 15) is 0 Å². The van der Waals surface area contributed by atoms with Gasteiger partial charge in [0.05, 0.1) is 0 Å². The molecule has 1 N–H and O–H groups in total. The second-order valence-corrected chi connectivity index (χ2v) is 6.80. The van der Waals surface area contributed by atoms with Gasteiger partial charge in [0.15, 0.2) is 0 Å². The third-order valence-corrected chi connectivity index (χ3v) is 5.11. The van der Waals surface area contributed by atoms with E-state index in [0.29, 0.717) is 6.04 Å². The minimum absolute atomic E-state index is 0.519. The van der Waals surface area contributed by atoms with E-state index < -0.39 is 0 Å². The Bertz CT molecular complexity index is 376. The Labute approximate surface area is 107 Å². The quantitative estimate of drug-likeness (QED) is 0.894. The van der Waals surface area contributed by atoms with Crippen molar-refractivity contribution in [1.82, 2.24) is 15.5 Å². The smallest absolute Gasteiger partial charge is 0.131 e. The van der Waals surface area contributed by atoms with Crippen LogP contribution < -0.4 is 5.32 Å². The summed E-state index contributed by atoms with van der Waals surface area (Å²) in [6, 6.07) is 0.519. The Hall–Kier alpha value is -0.480. The summed E-state index contributed by atoms with van der Waals surface area (Å²) >= 11 is 1.83. The standard InChI is InChI=1S/C13H21N3S/c1-8(2)14-7-11-15-16-13(17-11)12-9-5-3-4-6-10(9)12/h8-10,12,14H,3-7H2,1-2H3. The second-order valence-electron chi connectivity index (χ2n) is 5.71. The molecule has 0 aliphatic heterocycles. The minimum atomic E-state index is 0.519. The first-order valence-electron chi connectivity index (χ1n) is 6.81. The van der Waals surface area contributed by atoms with Gasteiger partial charge in [0.1, 0.15) is 10.0 Å². The van der Waals surface area contributed by atoms with Crippen LogP contribution in [0.25, 0.3) is 0 Å². The molecule has 17 heavy (non-hydrogen) atoms. The van der Waals surface area contributed by atoms with Crippen molar-refractivity contribution < 1.29 is 0 Å². The zero-order valence-electron chi connectivity index (χ0n) is 10.6. The maximum Gasteiger partial charge on any atom is 0.131 e. The van der Waals surface area contributed by atoms with Crippen LogP contribution in [0.3, 0.4) is 0 Å². The van der Waals surface area contributed by atoms with Crippen LogP contribution in [0.15, 0.2) is 0 Å². The van der Waals surface area contributed by atoms with Gasteiger partial charge in [0.2, 0.25) is 0 Å². The maximum atomic E-state index is 4.41. The molecule has 3 rings (SSSR count). The lowest BCUT2D eigenvalue weighted by molar-refractivity contribution is 0.480. The van der Waals surface area contributed by atoms with Crippen LogP contribution >= 0.6 is 11.3 Å². The van der Waals surface area contributed by atoms with E-state index in [2.05, 4.69) is 29.4 Å². The predicted molar refractivity (Wildman–Crippen MR) is 70.1 cm³/mol. The molecule has 4 heteroatoms. The molecule has 2 atom stereocenters. The van der Waals surface area contributed by atoms with Gasteiger partial charge < -0.3 is 5.32 Å². The Morgan fingerprint density at radius 2 is 1.94 bits per heavy atom. The Morgan fingerprint density at radius 3 is 2.59 bits per heavy atom. The van der Waals surface area contributed by atoms with E-state index in [1.165, 1.54) is 30.7 Å². The van der Waals surface area contributed by atoms with Crippen LogP contribution in [0.2, 0.25) is 0 Å². The van der Waals surface area contributed by atoms with E-state index in [4.69, 9.17) is 0 Å². The Balaban J connectivity index is 1.61. The summed E-state index contributed by atoms with van der Waals surface area (Å²) in [5.74, 6) is 2.66. The SMILES string of the molecule is CC(C)NCc1nnc(C2C3CCCCC32)s1. The van der Waals surface area contributed by atoms with Crippen molar-refractivity contribution in [2.75, 3.05) is 0 Å². The fourth-order valence-electron chi connectivity index (χ4n) is 3.12. The number of nitrogens with one attached hydrogen (secondary N) is 1. The van der Waals surface area contributed by atoms with E-state index in [1.807, 2.05) is 11.3 Å². The molecular formula is C13H21N3S. The van der Waals surface area contributed by atoms with Gasteiger partial charge in [-0.25, -0.2) is 0 Å². The van der Waals surface area contributed by atoms with Crippen LogP contribution in [0.5, 0.6) is 0 Å². The van der Waals surface area contributed by atoms with Gasteiger partial charge in [-0.2, -0.15) is 0 Å². The normalized spacial score (nSPS) is 31.6. The molecule has 0 radical (unpaired) electrons. The maximum absolute atomic E-state index is 4.41. The highest BCUT2D eigenvalue weighted by Crippen LogP contribution is 2.61. The lowest BCUT2D eigenvalue weighted by Crippen LogP contribution is -2.21. The van der Waals surface area contributed by atoms with E-state index in [1.54, 1.807) is 0 Å². The fraction of sp³-hybridized carbons (Fsp3) is 0.846. The van der Waals surface area contributed by atoms with Crippen molar-refractivity contribution >= 4 is 11.3 Å². The molecule has 2 aliphatic rings. The molecule has 0 spiro atoms. The van der Waals surface area contributed by atoms with E-state index in [-0.39, 0.29) is 0 Å². The van der Waals surface area contributed by atoms with Crippen LogP contribution in [0.1, 0.15) is 55.5 Å². The van der Waals surface area contributed by atoms with Crippen LogP contribution in [-0.4, -0.2) is 16.2 Å². The summed E-state index contributed by atoms with van der Waals surface area (Å²) in [5.41, 5.74) is 0. The molecular weight excluding hydrogens is 230 g/mol. The van der Waals surface area contributed by atoms with Gasteiger partial charge in [-0.1, -0.05) is 38.0 Å². The summed E-state index contributed by atoms with van der Waals surface area (Å²) in [7, 11) is 0. The number of fused-ring (bicyclic) bond motifs is 1. The summed E-state index contributed by atoms with van der Waals surface area (Å²) in [4.78, 5) is 0. The molecule has 3 nitrogen and oxygen atoms in total. The highest BCUT2D eigenvalue weighted by atomic mass is 32.1. The van der Waals surface area contributed by atoms with Crippen molar-refractivity contribution in [1.29, 1.82) is 0 Å². The average molecular weight is 251 g/mol. The molecule has 0 aromatic carbocycles. The van der Waals surface area contributed by atoms with Crippen molar-refractivity contribution in [3.63, 3.8) is 0 Å². The minimum Gasteiger partial charge on any atom is -0.308 e. The van der Waals surface area contributed by atoms with E-state index >= 15 is 0 Å². The van der Waals surface area contributed by atoms with Crippen LogP contribution in [-0.2, 0) is 6.54 Å². The lowest BCUT2D eigenvalue weighted by atomic mass is 10.0. The topological polar surface area (TPSA) is 37.8 Å². The first kappa shape index (κ1) is 11.6. The fourth-order valence-corrected chi connectivity index (χ4v) is 4.17. The number of nitrogens with zero attached hydrogens (tertiary/aromatic N) is 2. The third kappa shape index (κ3) is 2.38. The summed E-state index contributed by atoms with van der Waals surface area (Å²) in [6.07, 6.45) is 5.71. The molecule has 2 saturated carbocycles. The van der Waals surface area contributed by atoms with Gasteiger partial charge in [0, 0.05) is 18.5 Å². The summed E-state index contributed by atoms with van der Waals surface area (Å²) in [6.45, 7) is 5.20. The van der Waals surface area contributed by atoms with Gasteiger partial charge in [-0.3, -0.25) is 0 Å². The molecule has 1 heterocycles. The van der Waals surface area contributed by atoms with Gasteiger partial charge in [0.25, 0.3) is 0 Å². The summed E-state index contributed by atoms with van der Waals surface area (Å²) in [5, 5.41) is 14.6. The van der Waals surface area contributed by atoms with Gasteiger partial charge in [-0.05, 0) is 24.7 Å². The number of rotatable bonds is 4. The van der Waals surface area contributed by atoms with E-state index in [0.717, 1.165) is 29.3 Å². The number of aromatic nitrogens is 2. The zero-order chi connectivity index (χ0) is 11.8. The van der Waals surface area contributed by atoms with Crippen molar-refractivity contribution in [2.45, 2.75) is 58.0 Å². The molecule has 2 fully saturated rings. The third-order valence-electron chi connectivity index (χ3n) is 4.09. The van der Waals surface area contributed by atoms with Crippen LogP contribution in [0.4, 0.5) is 0 Å². The van der Waals surface area contributed by atoms with Gasteiger partial charge >= 0.3 is 0 Å². The van der Waals surface area contributed by atoms with Crippen molar-refractivity contribution in [3.05, 3.63) is 10.0 Å². The lowest BCUT2D eigenvalue weighted by Gasteiger charge is -2.04. The predicted octanol–water partition coefficient (Wildman–Crippen LogP) is 2.94. The molecule has 1 aromatic rings. The second kappa shape index (κ2) is 4.65. The Morgan fingerprint density at radius 1 is 1.24 bits per heavy atom. The monoisotopic (exact) mass is 251 g/mol. The molecule has 0 amide bonds. The molecule has 0 saturated heterocycles. The van der Waals surface area contributed by atoms with Crippen molar-refractivity contribution in [2.24, 2.45) is 11.8 Å². The zero-order valence-corrected chi connectivity index (χ0v) is 11.5. The molecule has 94 valence electrons. The highest BCUT2D eigenvalue weighted by Gasteiger charge is 2.53. The average Bonchev–Trinajstić information content (AvgIpc) is 2.87. The molecule has 2 aliphatic carbocycles. The molecule has 2 unspecified atom stereocenters. The first-order valence-corrected chi connectivity index (χ1v) is 7.63.